The van der Waals surface area contributed by atoms with E-state index in [1.54, 1.807) is 18.7 Å². The summed E-state index contributed by atoms with van der Waals surface area (Å²) >= 11 is 1.72. The fraction of sp³-hybridized carbons (Fsp3) is 0.700. The maximum Gasteiger partial charge on any atom is 0.244 e. The summed E-state index contributed by atoms with van der Waals surface area (Å²) in [4.78, 5) is 15.5. The third-order valence-corrected chi connectivity index (χ3v) is 3.28. The number of hydrogen-bond acceptors (Lipinski definition) is 5. The van der Waals surface area contributed by atoms with Crippen LogP contribution < -0.4 is 5.32 Å². The van der Waals surface area contributed by atoms with Crippen molar-refractivity contribution in [1.82, 2.24) is 20.1 Å². The van der Waals surface area contributed by atoms with Crippen molar-refractivity contribution in [2.45, 2.75) is 19.4 Å². The molecule has 0 saturated heterocycles. The Bertz CT molecular complexity index is 318. The van der Waals surface area contributed by atoms with E-state index < -0.39 is 0 Å². The van der Waals surface area contributed by atoms with E-state index in [2.05, 4.69) is 15.4 Å². The van der Waals surface area contributed by atoms with Crippen LogP contribution in [0.25, 0.3) is 0 Å². The van der Waals surface area contributed by atoms with Gasteiger partial charge in [0.1, 0.15) is 18.7 Å². The number of aliphatic hydroxyl groups is 1. The van der Waals surface area contributed by atoms with E-state index in [0.717, 1.165) is 17.9 Å². The Balaban J connectivity index is 2.13. The molecule has 1 heterocycles. The first kappa shape index (κ1) is 14.0. The van der Waals surface area contributed by atoms with Crippen LogP contribution in [-0.2, 0) is 4.79 Å². The Hall–Kier alpha value is -1.08. The highest BCUT2D eigenvalue weighted by molar-refractivity contribution is 7.99. The summed E-state index contributed by atoms with van der Waals surface area (Å²) in [5, 5.41) is 15.3. The monoisotopic (exact) mass is 258 g/mol. The minimum atomic E-state index is -0.333. The van der Waals surface area contributed by atoms with Crippen molar-refractivity contribution in [1.29, 1.82) is 0 Å². The van der Waals surface area contributed by atoms with E-state index in [-0.39, 0.29) is 18.6 Å². The smallest absolute Gasteiger partial charge is 0.244 e. The average molecular weight is 258 g/mol. The molecule has 0 aliphatic rings. The SMILES string of the molecule is CC(C(=O)NCCSCCCO)n1cncn1. The Morgan fingerprint density at radius 2 is 2.41 bits per heavy atom. The first-order chi connectivity index (χ1) is 8.25. The summed E-state index contributed by atoms with van der Waals surface area (Å²) in [7, 11) is 0. The average Bonchev–Trinajstić information content (AvgIpc) is 2.86. The summed E-state index contributed by atoms with van der Waals surface area (Å²) in [5.74, 6) is 1.72. The van der Waals surface area contributed by atoms with Gasteiger partial charge in [0, 0.05) is 18.9 Å². The van der Waals surface area contributed by atoms with E-state index in [0.29, 0.717) is 6.54 Å². The van der Waals surface area contributed by atoms with Crippen molar-refractivity contribution in [3.05, 3.63) is 12.7 Å². The molecule has 0 aliphatic carbocycles. The van der Waals surface area contributed by atoms with Crippen LogP contribution >= 0.6 is 11.8 Å². The number of hydrogen-bond donors (Lipinski definition) is 2. The van der Waals surface area contributed by atoms with Gasteiger partial charge in [-0.15, -0.1) is 0 Å². The first-order valence-electron chi connectivity index (χ1n) is 5.56. The molecule has 1 rings (SSSR count). The molecule has 17 heavy (non-hydrogen) atoms. The van der Waals surface area contributed by atoms with Gasteiger partial charge in [-0.3, -0.25) is 4.79 Å². The number of nitrogens with one attached hydrogen (secondary N) is 1. The minimum Gasteiger partial charge on any atom is -0.396 e. The van der Waals surface area contributed by atoms with Crippen LogP contribution in [0.4, 0.5) is 0 Å². The van der Waals surface area contributed by atoms with Crippen molar-refractivity contribution < 1.29 is 9.90 Å². The molecule has 1 aromatic rings. The lowest BCUT2D eigenvalue weighted by molar-refractivity contribution is -0.124. The highest BCUT2D eigenvalue weighted by atomic mass is 32.2. The largest absolute Gasteiger partial charge is 0.396 e. The number of carbonyl (C=O) groups excluding carboxylic acids is 1. The number of thioether (sulfide) groups is 1. The lowest BCUT2D eigenvalue weighted by atomic mass is 10.3. The second-order valence-corrected chi connectivity index (χ2v) is 4.76. The normalized spacial score (nSPS) is 12.4. The predicted octanol–water partition coefficient (Wildman–Crippen LogP) is 0.0709. The van der Waals surface area contributed by atoms with Gasteiger partial charge in [0.05, 0.1) is 0 Å². The van der Waals surface area contributed by atoms with E-state index >= 15 is 0 Å². The third kappa shape index (κ3) is 5.18. The molecule has 0 spiro atoms. The molecule has 96 valence electrons. The quantitative estimate of drug-likeness (QED) is 0.645. The van der Waals surface area contributed by atoms with Crippen molar-refractivity contribution in [2.75, 3.05) is 24.7 Å². The number of aromatic nitrogens is 3. The molecular weight excluding hydrogens is 240 g/mol. The zero-order chi connectivity index (χ0) is 12.5. The molecule has 0 saturated carbocycles. The Morgan fingerprint density at radius 1 is 1.59 bits per heavy atom. The van der Waals surface area contributed by atoms with Crippen LogP contribution in [0, 0.1) is 0 Å². The zero-order valence-corrected chi connectivity index (χ0v) is 10.7. The van der Waals surface area contributed by atoms with Gasteiger partial charge in [0.15, 0.2) is 0 Å². The van der Waals surface area contributed by atoms with Gasteiger partial charge in [0.25, 0.3) is 0 Å². The molecular formula is C10H18N4O2S. The van der Waals surface area contributed by atoms with Gasteiger partial charge in [0.2, 0.25) is 5.91 Å². The Kier molecular flexibility index (Phi) is 6.64. The molecule has 0 bridgehead atoms. The molecule has 0 fully saturated rings. The van der Waals surface area contributed by atoms with Gasteiger partial charge in [-0.2, -0.15) is 16.9 Å². The number of amides is 1. The Labute approximate surface area is 105 Å². The second-order valence-electron chi connectivity index (χ2n) is 3.53. The molecule has 2 N–H and O–H groups in total. The topological polar surface area (TPSA) is 80.0 Å². The summed E-state index contributed by atoms with van der Waals surface area (Å²) < 4.78 is 1.52. The van der Waals surface area contributed by atoms with Crippen LogP contribution in [-0.4, -0.2) is 50.4 Å². The summed E-state index contributed by atoms with van der Waals surface area (Å²) in [6.07, 6.45) is 3.74. The van der Waals surface area contributed by atoms with Crippen molar-refractivity contribution in [3.63, 3.8) is 0 Å². The Morgan fingerprint density at radius 3 is 3.06 bits per heavy atom. The van der Waals surface area contributed by atoms with Crippen LogP contribution in [0.1, 0.15) is 19.4 Å². The number of aliphatic hydroxyl groups excluding tert-OH is 1. The molecule has 0 aromatic carbocycles. The maximum atomic E-state index is 11.7. The number of rotatable bonds is 8. The van der Waals surface area contributed by atoms with Crippen LogP contribution in [0.2, 0.25) is 0 Å². The van der Waals surface area contributed by atoms with Crippen molar-refractivity contribution in [3.8, 4) is 0 Å². The minimum absolute atomic E-state index is 0.0572. The highest BCUT2D eigenvalue weighted by Crippen LogP contribution is 2.03. The predicted molar refractivity (Wildman–Crippen MR) is 66.8 cm³/mol. The van der Waals surface area contributed by atoms with Crippen molar-refractivity contribution >= 4 is 17.7 Å². The van der Waals surface area contributed by atoms with Crippen molar-refractivity contribution in [2.24, 2.45) is 0 Å². The molecule has 1 aromatic heterocycles. The van der Waals surface area contributed by atoms with Crippen LogP contribution in [0.3, 0.4) is 0 Å². The first-order valence-corrected chi connectivity index (χ1v) is 6.71. The molecule has 0 aliphatic heterocycles. The van der Waals surface area contributed by atoms with Crippen LogP contribution in [0.15, 0.2) is 12.7 Å². The fourth-order valence-corrected chi connectivity index (χ4v) is 1.98. The van der Waals surface area contributed by atoms with Gasteiger partial charge in [-0.05, 0) is 19.1 Å². The number of nitrogens with zero attached hydrogens (tertiary/aromatic N) is 3. The van der Waals surface area contributed by atoms with Gasteiger partial charge in [-0.1, -0.05) is 0 Å². The number of carbonyl (C=O) groups is 1. The molecule has 1 unspecified atom stereocenters. The van der Waals surface area contributed by atoms with E-state index in [1.807, 2.05) is 0 Å². The van der Waals surface area contributed by atoms with E-state index in [4.69, 9.17) is 5.11 Å². The van der Waals surface area contributed by atoms with E-state index in [9.17, 15) is 4.79 Å². The van der Waals surface area contributed by atoms with E-state index in [1.165, 1.54) is 17.3 Å². The molecule has 6 nitrogen and oxygen atoms in total. The molecule has 0 radical (unpaired) electrons. The third-order valence-electron chi connectivity index (χ3n) is 2.21. The lowest BCUT2D eigenvalue weighted by Crippen LogP contribution is -2.32. The standard InChI is InChI=1S/C10H18N4O2S/c1-9(14-8-11-7-13-14)10(16)12-3-6-17-5-2-4-15/h7-9,15H,2-6H2,1H3,(H,12,16). The molecule has 1 atom stereocenters. The summed E-state index contributed by atoms with van der Waals surface area (Å²) in [5.41, 5.74) is 0. The second kappa shape index (κ2) is 8.08. The molecule has 7 heteroatoms. The maximum absolute atomic E-state index is 11.7. The molecule has 1 amide bonds. The summed E-state index contributed by atoms with van der Waals surface area (Å²) in [6, 6.07) is -0.333. The van der Waals surface area contributed by atoms with Gasteiger partial charge in [-0.25, -0.2) is 9.67 Å². The lowest BCUT2D eigenvalue weighted by Gasteiger charge is -2.11. The fourth-order valence-electron chi connectivity index (χ4n) is 1.20. The highest BCUT2D eigenvalue weighted by Gasteiger charge is 2.14. The van der Waals surface area contributed by atoms with Crippen LogP contribution in [0.5, 0.6) is 0 Å². The zero-order valence-electron chi connectivity index (χ0n) is 9.87. The van der Waals surface area contributed by atoms with Gasteiger partial charge >= 0.3 is 0 Å². The summed E-state index contributed by atoms with van der Waals surface area (Å²) in [6.45, 7) is 2.64. The van der Waals surface area contributed by atoms with Gasteiger partial charge < -0.3 is 10.4 Å².